The molecule has 0 aromatic carbocycles. The molecule has 2 nitrogen and oxygen atoms in total. The van der Waals surface area contributed by atoms with Gasteiger partial charge in [0.15, 0.2) is 0 Å². The van der Waals surface area contributed by atoms with Crippen molar-refractivity contribution in [3.63, 3.8) is 0 Å². The van der Waals surface area contributed by atoms with E-state index in [4.69, 9.17) is 4.74 Å². The summed E-state index contributed by atoms with van der Waals surface area (Å²) in [5, 5.41) is 0. The van der Waals surface area contributed by atoms with E-state index in [2.05, 4.69) is 26.8 Å². The molecular weight excluding hydrogens is 332 g/mol. The zero-order chi connectivity index (χ0) is 19.0. The Morgan fingerprint density at radius 1 is 1.04 bits per heavy atom. The first-order valence-corrected chi connectivity index (χ1v) is 11.7. The van der Waals surface area contributed by atoms with Gasteiger partial charge in [0.2, 0.25) is 0 Å². The number of rotatable bonds is 3. The van der Waals surface area contributed by atoms with Crippen molar-refractivity contribution in [3.8, 4) is 0 Å². The molecule has 0 aromatic rings. The summed E-state index contributed by atoms with van der Waals surface area (Å²) in [4.78, 5) is 13.4. The minimum atomic E-state index is -0.0119. The van der Waals surface area contributed by atoms with Gasteiger partial charge in [0, 0.05) is 0 Å². The second-order valence-corrected chi connectivity index (χ2v) is 10.1. The van der Waals surface area contributed by atoms with Crippen LogP contribution >= 0.6 is 0 Å². The summed E-state index contributed by atoms with van der Waals surface area (Å²) in [5.74, 6) is 2.31. The van der Waals surface area contributed by atoms with E-state index in [9.17, 15) is 4.79 Å². The zero-order valence-electron chi connectivity index (χ0n) is 17.6. The standard InChI is InChI=1S/C25H38O2/c1-16(2)19-13-12-17(3)14-24(19)27-25(26)23-15-18-8-4-5-9-20(18)21-10-6-7-11-22(21)23/h15-17,19,22-24H,4-14H2,1-3H3/t17-,19+,22+,23+,24-/m1/s1. The number of esters is 1. The van der Waals surface area contributed by atoms with Gasteiger partial charge in [0.05, 0.1) is 5.92 Å². The zero-order valence-corrected chi connectivity index (χ0v) is 17.6. The molecule has 0 radical (unpaired) electrons. The van der Waals surface area contributed by atoms with Crippen molar-refractivity contribution < 1.29 is 9.53 Å². The minimum Gasteiger partial charge on any atom is -0.462 e. The Bertz CT molecular complexity index is 626. The summed E-state index contributed by atoms with van der Waals surface area (Å²) in [7, 11) is 0. The highest BCUT2D eigenvalue weighted by atomic mass is 16.5. The number of fused-ring (bicyclic) bond motifs is 2. The molecule has 0 aromatic heterocycles. The third kappa shape index (κ3) is 3.91. The van der Waals surface area contributed by atoms with Crippen LogP contribution in [0.3, 0.4) is 0 Å². The van der Waals surface area contributed by atoms with Crippen LogP contribution in [0, 0.1) is 29.6 Å². The molecule has 0 N–H and O–H groups in total. The SMILES string of the molecule is CC(C)[C@@H]1CC[C@@H](C)C[C@H]1OC(=O)[C@H]1C=C2CCCCC2=C2CCCC[C@@H]21. The van der Waals surface area contributed by atoms with Crippen LogP contribution in [0.1, 0.15) is 91.4 Å². The highest BCUT2D eigenvalue weighted by Gasteiger charge is 2.40. The molecule has 5 atom stereocenters. The lowest BCUT2D eigenvalue weighted by Gasteiger charge is -2.41. The molecule has 0 bridgehead atoms. The lowest BCUT2D eigenvalue weighted by atomic mass is 9.67. The highest BCUT2D eigenvalue weighted by Crippen LogP contribution is 2.47. The topological polar surface area (TPSA) is 26.3 Å². The lowest BCUT2D eigenvalue weighted by Crippen LogP contribution is -2.39. The molecule has 150 valence electrons. The van der Waals surface area contributed by atoms with Gasteiger partial charge in [-0.1, -0.05) is 45.3 Å². The van der Waals surface area contributed by atoms with Crippen LogP contribution in [0.5, 0.6) is 0 Å². The average molecular weight is 371 g/mol. The predicted molar refractivity (Wildman–Crippen MR) is 110 cm³/mol. The summed E-state index contributed by atoms with van der Waals surface area (Å²) < 4.78 is 6.30. The average Bonchev–Trinajstić information content (AvgIpc) is 2.67. The summed E-state index contributed by atoms with van der Waals surface area (Å²) in [6.45, 7) is 6.90. The van der Waals surface area contributed by atoms with Gasteiger partial charge in [-0.25, -0.2) is 0 Å². The van der Waals surface area contributed by atoms with Crippen LogP contribution in [-0.2, 0) is 9.53 Å². The summed E-state index contributed by atoms with van der Waals surface area (Å²) in [5.41, 5.74) is 4.77. The lowest BCUT2D eigenvalue weighted by molar-refractivity contribution is -0.160. The maximum Gasteiger partial charge on any atom is 0.313 e. The number of ether oxygens (including phenoxy) is 1. The molecule has 0 saturated heterocycles. The first-order valence-electron chi connectivity index (χ1n) is 11.7. The molecule has 0 spiro atoms. The van der Waals surface area contributed by atoms with Gasteiger partial charge in [-0.2, -0.15) is 0 Å². The van der Waals surface area contributed by atoms with E-state index in [-0.39, 0.29) is 18.0 Å². The molecule has 4 aliphatic carbocycles. The number of allylic oxidation sites excluding steroid dienone is 3. The molecule has 2 heteroatoms. The van der Waals surface area contributed by atoms with Crippen molar-refractivity contribution in [2.75, 3.05) is 0 Å². The van der Waals surface area contributed by atoms with E-state index in [0.29, 0.717) is 23.7 Å². The fraction of sp³-hybridized carbons (Fsp3) is 0.800. The van der Waals surface area contributed by atoms with Crippen LogP contribution in [0.2, 0.25) is 0 Å². The molecule has 4 rings (SSSR count). The van der Waals surface area contributed by atoms with E-state index in [1.54, 1.807) is 11.1 Å². The van der Waals surface area contributed by atoms with Crippen LogP contribution < -0.4 is 0 Å². The van der Waals surface area contributed by atoms with Gasteiger partial charge in [-0.15, -0.1) is 0 Å². The number of hydrogen-bond acceptors (Lipinski definition) is 2. The van der Waals surface area contributed by atoms with Gasteiger partial charge in [-0.3, -0.25) is 4.79 Å². The Morgan fingerprint density at radius 3 is 2.63 bits per heavy atom. The molecule has 3 fully saturated rings. The van der Waals surface area contributed by atoms with Gasteiger partial charge in [-0.05, 0) is 92.6 Å². The van der Waals surface area contributed by atoms with E-state index in [0.717, 1.165) is 6.42 Å². The van der Waals surface area contributed by atoms with Crippen molar-refractivity contribution in [1.29, 1.82) is 0 Å². The second-order valence-electron chi connectivity index (χ2n) is 10.1. The summed E-state index contributed by atoms with van der Waals surface area (Å²) >= 11 is 0. The highest BCUT2D eigenvalue weighted by molar-refractivity contribution is 5.77. The van der Waals surface area contributed by atoms with Crippen molar-refractivity contribution in [2.24, 2.45) is 29.6 Å². The number of carbonyl (C=O) groups excluding carboxylic acids is 1. The number of hydrogen-bond donors (Lipinski definition) is 0. The van der Waals surface area contributed by atoms with Gasteiger partial charge in [0.25, 0.3) is 0 Å². The van der Waals surface area contributed by atoms with Gasteiger partial charge >= 0.3 is 5.97 Å². The second kappa shape index (κ2) is 8.13. The van der Waals surface area contributed by atoms with E-state index >= 15 is 0 Å². The maximum absolute atomic E-state index is 13.4. The third-order valence-corrected chi connectivity index (χ3v) is 7.87. The maximum atomic E-state index is 13.4. The van der Waals surface area contributed by atoms with Crippen LogP contribution in [0.25, 0.3) is 0 Å². The van der Waals surface area contributed by atoms with E-state index < -0.39 is 0 Å². The van der Waals surface area contributed by atoms with Crippen LogP contribution in [-0.4, -0.2) is 12.1 Å². The minimum absolute atomic E-state index is 0.0119. The van der Waals surface area contributed by atoms with E-state index in [1.807, 2.05) is 0 Å². The fourth-order valence-corrected chi connectivity index (χ4v) is 6.33. The monoisotopic (exact) mass is 370 g/mol. The molecule has 0 unspecified atom stereocenters. The molecule has 0 aliphatic heterocycles. The normalized spacial score (nSPS) is 36.7. The molecule has 27 heavy (non-hydrogen) atoms. The van der Waals surface area contributed by atoms with Gasteiger partial charge in [0.1, 0.15) is 6.10 Å². The van der Waals surface area contributed by atoms with Gasteiger partial charge < -0.3 is 4.74 Å². The van der Waals surface area contributed by atoms with Crippen molar-refractivity contribution in [1.82, 2.24) is 0 Å². The molecular formula is C25H38O2. The Balaban J connectivity index is 1.54. The fourth-order valence-electron chi connectivity index (χ4n) is 6.33. The molecule has 3 saturated carbocycles. The molecule has 0 heterocycles. The predicted octanol–water partition coefficient (Wildman–Crippen LogP) is 6.61. The van der Waals surface area contributed by atoms with Crippen LogP contribution in [0.4, 0.5) is 0 Å². The Morgan fingerprint density at radius 2 is 1.81 bits per heavy atom. The van der Waals surface area contributed by atoms with Crippen molar-refractivity contribution >= 4 is 5.97 Å². The first-order chi connectivity index (χ1) is 13.0. The smallest absolute Gasteiger partial charge is 0.313 e. The van der Waals surface area contributed by atoms with Crippen molar-refractivity contribution in [2.45, 2.75) is 97.5 Å². The first kappa shape index (κ1) is 19.3. The third-order valence-electron chi connectivity index (χ3n) is 7.87. The summed E-state index contributed by atoms with van der Waals surface area (Å²) in [6.07, 6.45) is 16.0. The van der Waals surface area contributed by atoms with E-state index in [1.165, 1.54) is 69.8 Å². The summed E-state index contributed by atoms with van der Waals surface area (Å²) in [6, 6.07) is 0. The van der Waals surface area contributed by atoms with Crippen LogP contribution in [0.15, 0.2) is 22.8 Å². The quantitative estimate of drug-likeness (QED) is 0.523. The van der Waals surface area contributed by atoms with Crippen molar-refractivity contribution in [3.05, 3.63) is 22.8 Å². The Labute approximate surface area is 165 Å². The number of carbonyl (C=O) groups is 1. The molecule has 0 amide bonds. The Kier molecular flexibility index (Phi) is 5.81. The molecule has 4 aliphatic rings. The largest absolute Gasteiger partial charge is 0.462 e. The Hall–Kier alpha value is -1.05.